The molecule has 2 rings (SSSR count). The summed E-state index contributed by atoms with van der Waals surface area (Å²) < 4.78 is 0.559. The van der Waals surface area contributed by atoms with Gasteiger partial charge in [0, 0.05) is 13.0 Å². The van der Waals surface area contributed by atoms with Crippen molar-refractivity contribution >= 4 is 46.1 Å². The molecular formula is C11H15N5O3S2. The minimum Gasteiger partial charge on any atom is -0.351 e. The maximum atomic E-state index is 11.6. The molecule has 10 heteroatoms. The van der Waals surface area contributed by atoms with Gasteiger partial charge in [0.15, 0.2) is 4.34 Å². The quantitative estimate of drug-likeness (QED) is 0.607. The highest BCUT2D eigenvalue weighted by molar-refractivity contribution is 8.02. The zero-order valence-electron chi connectivity index (χ0n) is 11.5. The van der Waals surface area contributed by atoms with Gasteiger partial charge in [0.2, 0.25) is 16.9 Å². The number of hydrogen-bond acceptors (Lipinski definition) is 7. The molecule has 1 aromatic heterocycles. The number of imide groups is 1. The molecule has 0 aliphatic heterocycles. The summed E-state index contributed by atoms with van der Waals surface area (Å²) >= 11 is 2.41. The van der Waals surface area contributed by atoms with Crippen molar-refractivity contribution in [1.29, 1.82) is 0 Å². The summed E-state index contributed by atoms with van der Waals surface area (Å²) in [5.74, 6) is -0.556. The number of thioether (sulfide) groups is 1. The van der Waals surface area contributed by atoms with Crippen LogP contribution in [0.25, 0.3) is 0 Å². The second kappa shape index (κ2) is 6.39. The molecule has 1 saturated carbocycles. The minimum absolute atomic E-state index is 0.0651. The van der Waals surface area contributed by atoms with Gasteiger partial charge >= 0.3 is 6.03 Å². The molecule has 0 bridgehead atoms. The second-order valence-corrected chi connectivity index (χ2v) is 7.13. The van der Waals surface area contributed by atoms with Gasteiger partial charge in [-0.05, 0) is 19.8 Å². The number of nitrogens with one attached hydrogen (secondary N) is 1. The minimum atomic E-state index is -0.887. The lowest BCUT2D eigenvalue weighted by atomic mass is 10.4. The van der Waals surface area contributed by atoms with Crippen LogP contribution in [-0.2, 0) is 9.59 Å². The topological polar surface area (TPSA) is 118 Å². The summed E-state index contributed by atoms with van der Waals surface area (Å²) in [7, 11) is 0. The van der Waals surface area contributed by atoms with Crippen LogP contribution in [-0.4, -0.2) is 39.3 Å². The van der Waals surface area contributed by atoms with E-state index in [-0.39, 0.29) is 11.9 Å². The van der Waals surface area contributed by atoms with Crippen molar-refractivity contribution in [2.24, 2.45) is 5.73 Å². The molecule has 4 amide bonds. The van der Waals surface area contributed by atoms with Crippen molar-refractivity contribution in [2.75, 3.05) is 4.90 Å². The van der Waals surface area contributed by atoms with E-state index in [2.05, 4.69) is 10.2 Å². The average Bonchev–Trinajstić information content (AvgIpc) is 3.09. The van der Waals surface area contributed by atoms with Gasteiger partial charge in [-0.25, -0.2) is 4.79 Å². The van der Waals surface area contributed by atoms with Crippen LogP contribution < -0.4 is 16.0 Å². The molecule has 1 heterocycles. The summed E-state index contributed by atoms with van der Waals surface area (Å²) in [5, 5.41) is 9.98. The first-order chi connectivity index (χ1) is 9.88. The first kappa shape index (κ1) is 15.7. The molecule has 1 unspecified atom stereocenters. The standard InChI is InChI=1S/C11H15N5O3S2/c1-5(8(18)13-9(12)19)20-11-15-14-10(21-11)16(6(2)17)7-3-4-7/h5,7H,3-4H2,1-2H3,(H3,12,13,18,19). The number of rotatable bonds is 5. The third-order valence-corrected chi connectivity index (χ3v) is 4.85. The summed E-state index contributed by atoms with van der Waals surface area (Å²) in [4.78, 5) is 35.5. The Morgan fingerprint density at radius 1 is 1.43 bits per heavy atom. The van der Waals surface area contributed by atoms with Crippen LogP contribution >= 0.6 is 23.1 Å². The smallest absolute Gasteiger partial charge is 0.318 e. The van der Waals surface area contributed by atoms with Crippen molar-refractivity contribution < 1.29 is 14.4 Å². The Kier molecular flexibility index (Phi) is 4.78. The fourth-order valence-corrected chi connectivity index (χ4v) is 3.76. The molecule has 3 N–H and O–H groups in total. The summed E-state index contributed by atoms with van der Waals surface area (Å²) in [6, 6.07) is -0.675. The number of hydrogen-bond donors (Lipinski definition) is 2. The summed E-state index contributed by atoms with van der Waals surface area (Å²) in [6.07, 6.45) is 1.94. The Hall–Kier alpha value is -1.68. The number of aromatic nitrogens is 2. The van der Waals surface area contributed by atoms with Gasteiger partial charge in [-0.1, -0.05) is 23.1 Å². The van der Waals surface area contributed by atoms with Gasteiger partial charge in [-0.3, -0.25) is 19.8 Å². The van der Waals surface area contributed by atoms with E-state index in [1.165, 1.54) is 18.3 Å². The van der Waals surface area contributed by atoms with E-state index in [9.17, 15) is 14.4 Å². The Morgan fingerprint density at radius 3 is 2.62 bits per heavy atom. The number of carbonyl (C=O) groups is 3. The maximum Gasteiger partial charge on any atom is 0.318 e. The molecule has 0 spiro atoms. The van der Waals surface area contributed by atoms with Crippen LogP contribution in [0.3, 0.4) is 0 Å². The van der Waals surface area contributed by atoms with Gasteiger partial charge in [0.1, 0.15) is 0 Å². The highest BCUT2D eigenvalue weighted by atomic mass is 32.2. The fourth-order valence-electron chi connectivity index (χ4n) is 1.66. The third-order valence-electron chi connectivity index (χ3n) is 2.75. The van der Waals surface area contributed by atoms with E-state index < -0.39 is 17.2 Å². The maximum absolute atomic E-state index is 11.6. The van der Waals surface area contributed by atoms with Crippen LogP contribution in [0.4, 0.5) is 9.93 Å². The number of anilines is 1. The Morgan fingerprint density at radius 2 is 2.10 bits per heavy atom. The molecule has 1 aliphatic carbocycles. The van der Waals surface area contributed by atoms with E-state index >= 15 is 0 Å². The molecular weight excluding hydrogens is 314 g/mol. The predicted octanol–water partition coefficient (Wildman–Crippen LogP) is 0.729. The average molecular weight is 329 g/mol. The first-order valence-electron chi connectivity index (χ1n) is 6.28. The van der Waals surface area contributed by atoms with Gasteiger partial charge in [0.05, 0.1) is 5.25 Å². The largest absolute Gasteiger partial charge is 0.351 e. The Labute approximate surface area is 129 Å². The highest BCUT2D eigenvalue weighted by Gasteiger charge is 2.34. The van der Waals surface area contributed by atoms with Crippen molar-refractivity contribution in [3.8, 4) is 0 Å². The van der Waals surface area contributed by atoms with Gasteiger partial charge in [-0.2, -0.15) is 0 Å². The highest BCUT2D eigenvalue weighted by Crippen LogP contribution is 2.36. The second-order valence-electron chi connectivity index (χ2n) is 4.58. The molecule has 114 valence electrons. The molecule has 1 atom stereocenters. The molecule has 8 nitrogen and oxygen atoms in total. The molecule has 1 fully saturated rings. The summed E-state index contributed by atoms with van der Waals surface area (Å²) in [5.41, 5.74) is 4.89. The SMILES string of the molecule is CC(=O)N(c1nnc(SC(C)C(=O)NC(N)=O)s1)C1CC1. The molecule has 0 aromatic carbocycles. The number of nitrogens with two attached hydrogens (primary N) is 1. The first-order valence-corrected chi connectivity index (χ1v) is 7.98. The number of carbonyl (C=O) groups excluding carboxylic acids is 3. The Balaban J connectivity index is 2.01. The van der Waals surface area contributed by atoms with Gasteiger partial charge in [0.25, 0.3) is 0 Å². The number of amides is 4. The van der Waals surface area contributed by atoms with Crippen LogP contribution in [0, 0.1) is 0 Å². The van der Waals surface area contributed by atoms with Crippen molar-refractivity contribution in [3.05, 3.63) is 0 Å². The van der Waals surface area contributed by atoms with Crippen molar-refractivity contribution in [1.82, 2.24) is 15.5 Å². The lowest BCUT2D eigenvalue weighted by Gasteiger charge is -2.15. The number of primary amides is 1. The van der Waals surface area contributed by atoms with Crippen LogP contribution in [0.1, 0.15) is 26.7 Å². The van der Waals surface area contributed by atoms with Crippen molar-refractivity contribution in [2.45, 2.75) is 42.3 Å². The van der Waals surface area contributed by atoms with Crippen LogP contribution in [0.15, 0.2) is 4.34 Å². The molecule has 0 saturated heterocycles. The lowest BCUT2D eigenvalue weighted by molar-refractivity contribution is -0.119. The number of nitrogens with zero attached hydrogens (tertiary/aromatic N) is 3. The molecule has 0 radical (unpaired) electrons. The van der Waals surface area contributed by atoms with E-state index in [0.717, 1.165) is 24.6 Å². The number of urea groups is 1. The third kappa shape index (κ3) is 4.14. The van der Waals surface area contributed by atoms with Crippen LogP contribution in [0.2, 0.25) is 0 Å². The van der Waals surface area contributed by atoms with E-state index in [1.54, 1.807) is 11.8 Å². The normalized spacial score (nSPS) is 15.3. The van der Waals surface area contributed by atoms with Crippen LogP contribution in [0.5, 0.6) is 0 Å². The fraction of sp³-hybridized carbons (Fsp3) is 0.545. The van der Waals surface area contributed by atoms with E-state index in [0.29, 0.717) is 9.47 Å². The zero-order chi connectivity index (χ0) is 15.6. The van der Waals surface area contributed by atoms with Crippen molar-refractivity contribution in [3.63, 3.8) is 0 Å². The zero-order valence-corrected chi connectivity index (χ0v) is 13.2. The molecule has 21 heavy (non-hydrogen) atoms. The molecule has 1 aromatic rings. The van der Waals surface area contributed by atoms with Gasteiger partial charge in [-0.15, -0.1) is 10.2 Å². The predicted molar refractivity (Wildman–Crippen MR) is 79.1 cm³/mol. The van der Waals surface area contributed by atoms with Gasteiger partial charge < -0.3 is 5.73 Å². The Bertz CT molecular complexity index is 572. The lowest BCUT2D eigenvalue weighted by Crippen LogP contribution is -2.39. The van der Waals surface area contributed by atoms with E-state index in [1.807, 2.05) is 5.32 Å². The van der Waals surface area contributed by atoms with E-state index in [4.69, 9.17) is 5.73 Å². The monoisotopic (exact) mass is 329 g/mol. The summed E-state index contributed by atoms with van der Waals surface area (Å²) in [6.45, 7) is 3.13. The molecule has 1 aliphatic rings.